The van der Waals surface area contributed by atoms with E-state index >= 15 is 0 Å². The molecule has 6 nitrogen and oxygen atoms in total. The molecule has 0 radical (unpaired) electrons. The van der Waals surface area contributed by atoms with Gasteiger partial charge in [-0.2, -0.15) is 5.26 Å². The Morgan fingerprint density at radius 2 is 2.20 bits per heavy atom. The van der Waals surface area contributed by atoms with Crippen LogP contribution in [0.15, 0.2) is 18.2 Å². The van der Waals surface area contributed by atoms with Gasteiger partial charge in [-0.15, -0.1) is 0 Å². The number of urea groups is 1. The Hall–Kier alpha value is -2.62. The normalized spacial score (nSPS) is 11.2. The van der Waals surface area contributed by atoms with E-state index in [4.69, 9.17) is 10.4 Å². The second-order valence-electron chi connectivity index (χ2n) is 4.21. The average Bonchev–Trinajstić information content (AvgIpc) is 2.36. The first-order valence-electron chi connectivity index (χ1n) is 5.92. The Balaban J connectivity index is 2.61. The molecule has 1 atom stereocenters. The van der Waals surface area contributed by atoms with Crippen molar-refractivity contribution in [2.24, 2.45) is 0 Å². The van der Waals surface area contributed by atoms with Crippen molar-refractivity contribution in [3.63, 3.8) is 0 Å². The minimum absolute atomic E-state index is 0.0646. The van der Waals surface area contributed by atoms with Crippen molar-refractivity contribution >= 4 is 17.7 Å². The van der Waals surface area contributed by atoms with Crippen LogP contribution >= 0.6 is 0 Å². The highest BCUT2D eigenvalue weighted by atomic mass is 19.1. The second-order valence-corrected chi connectivity index (χ2v) is 4.21. The number of carboxylic acids is 1. The minimum atomic E-state index is -0.948. The summed E-state index contributed by atoms with van der Waals surface area (Å²) in [5, 5.41) is 22.2. The van der Waals surface area contributed by atoms with Crippen LogP contribution in [0.2, 0.25) is 0 Å². The van der Waals surface area contributed by atoms with Crippen LogP contribution in [0.4, 0.5) is 14.9 Å². The zero-order valence-corrected chi connectivity index (χ0v) is 10.8. The minimum Gasteiger partial charge on any atom is -0.481 e. The molecule has 20 heavy (non-hydrogen) atoms. The van der Waals surface area contributed by atoms with Gasteiger partial charge in [0.25, 0.3) is 0 Å². The number of carbonyl (C=O) groups is 2. The number of amides is 2. The lowest BCUT2D eigenvalue weighted by Gasteiger charge is -2.14. The van der Waals surface area contributed by atoms with Gasteiger partial charge >= 0.3 is 12.0 Å². The van der Waals surface area contributed by atoms with Crippen LogP contribution in [0.3, 0.4) is 0 Å². The average molecular weight is 279 g/mol. The number of carbonyl (C=O) groups excluding carboxylic acids is 1. The van der Waals surface area contributed by atoms with Crippen molar-refractivity contribution in [3.8, 4) is 6.07 Å². The highest BCUT2D eigenvalue weighted by Gasteiger charge is 2.13. The molecule has 1 unspecified atom stereocenters. The van der Waals surface area contributed by atoms with Crippen molar-refractivity contribution in [1.82, 2.24) is 5.32 Å². The van der Waals surface area contributed by atoms with E-state index in [-0.39, 0.29) is 30.1 Å². The van der Waals surface area contributed by atoms with Gasteiger partial charge in [0, 0.05) is 12.5 Å². The molecule has 0 aromatic heterocycles. The van der Waals surface area contributed by atoms with E-state index in [0.717, 1.165) is 6.07 Å². The maximum Gasteiger partial charge on any atom is 0.319 e. The number of nitrogens with one attached hydrogen (secondary N) is 2. The van der Waals surface area contributed by atoms with Gasteiger partial charge < -0.3 is 15.7 Å². The topological polar surface area (TPSA) is 102 Å². The Labute approximate surface area is 115 Å². The third-order valence-corrected chi connectivity index (χ3v) is 2.54. The van der Waals surface area contributed by atoms with Gasteiger partial charge in [0.2, 0.25) is 0 Å². The molecular weight excluding hydrogens is 265 g/mol. The Morgan fingerprint density at radius 3 is 2.80 bits per heavy atom. The molecule has 0 spiro atoms. The van der Waals surface area contributed by atoms with Gasteiger partial charge in [0.1, 0.15) is 17.4 Å². The van der Waals surface area contributed by atoms with E-state index < -0.39 is 17.8 Å². The fraction of sp³-hybridized carbons (Fsp3) is 0.308. The lowest BCUT2D eigenvalue weighted by molar-refractivity contribution is -0.137. The molecule has 0 heterocycles. The zero-order chi connectivity index (χ0) is 15.1. The molecule has 2 amide bonds. The maximum atomic E-state index is 13.3. The third kappa shape index (κ3) is 4.57. The number of benzene rings is 1. The summed E-state index contributed by atoms with van der Waals surface area (Å²) in [6.07, 6.45) is 0.210. The lowest BCUT2D eigenvalue weighted by Crippen LogP contribution is -2.36. The number of hydrogen-bond donors (Lipinski definition) is 3. The summed E-state index contributed by atoms with van der Waals surface area (Å²) in [7, 11) is 0. The number of nitrogens with zero attached hydrogens (tertiary/aromatic N) is 1. The molecule has 0 bridgehead atoms. The quantitative estimate of drug-likeness (QED) is 0.767. The van der Waals surface area contributed by atoms with Crippen LogP contribution in [0.1, 0.15) is 25.3 Å². The summed E-state index contributed by atoms with van der Waals surface area (Å²) in [6, 6.07) is 4.59. The highest BCUT2D eigenvalue weighted by molar-refractivity contribution is 5.90. The summed E-state index contributed by atoms with van der Waals surface area (Å²) in [5.41, 5.74) is -0.184. The molecule has 0 aliphatic rings. The summed E-state index contributed by atoms with van der Waals surface area (Å²) in [5.74, 6) is -1.67. The van der Waals surface area contributed by atoms with Crippen molar-refractivity contribution in [1.29, 1.82) is 5.26 Å². The summed E-state index contributed by atoms with van der Waals surface area (Å²) < 4.78 is 13.3. The number of nitriles is 1. The van der Waals surface area contributed by atoms with Crippen LogP contribution < -0.4 is 10.6 Å². The maximum absolute atomic E-state index is 13.3. The fourth-order valence-corrected chi connectivity index (χ4v) is 1.54. The van der Waals surface area contributed by atoms with Crippen molar-refractivity contribution < 1.29 is 19.1 Å². The molecule has 7 heteroatoms. The van der Waals surface area contributed by atoms with Crippen molar-refractivity contribution in [2.45, 2.75) is 25.8 Å². The first kappa shape index (κ1) is 15.4. The number of halogens is 1. The fourth-order valence-electron chi connectivity index (χ4n) is 1.54. The molecule has 106 valence electrons. The molecule has 3 N–H and O–H groups in total. The number of carboxylic acid groups (broad SMARTS) is 1. The number of anilines is 1. The highest BCUT2D eigenvalue weighted by Crippen LogP contribution is 2.17. The number of aliphatic carboxylic acids is 1. The van der Waals surface area contributed by atoms with Gasteiger partial charge in [-0.05, 0) is 25.5 Å². The summed E-state index contributed by atoms with van der Waals surface area (Å²) in [4.78, 5) is 22.0. The molecule has 1 aromatic rings. The van der Waals surface area contributed by atoms with Gasteiger partial charge in [-0.25, -0.2) is 9.18 Å². The number of hydrogen-bond acceptors (Lipinski definition) is 3. The van der Waals surface area contributed by atoms with E-state index in [1.54, 1.807) is 13.0 Å². The summed E-state index contributed by atoms with van der Waals surface area (Å²) >= 11 is 0. The van der Waals surface area contributed by atoms with Gasteiger partial charge in [-0.1, -0.05) is 6.07 Å². The lowest BCUT2D eigenvalue weighted by atomic mass is 10.2. The van der Waals surface area contributed by atoms with Gasteiger partial charge in [0.05, 0.1) is 5.69 Å². The van der Waals surface area contributed by atoms with E-state index in [2.05, 4.69) is 10.6 Å². The standard InChI is InChI=1S/C13H14FN3O3/c1-8(5-6-12(18)19)16-13(20)17-11-4-2-3-10(14)9(11)7-15/h2-4,8H,5-6H2,1H3,(H,18,19)(H2,16,17,20). The Kier molecular flexibility index (Phi) is 5.47. The van der Waals surface area contributed by atoms with Crippen molar-refractivity contribution in [2.75, 3.05) is 5.32 Å². The van der Waals surface area contributed by atoms with Crippen LogP contribution in [0, 0.1) is 17.1 Å². The zero-order valence-electron chi connectivity index (χ0n) is 10.8. The molecule has 0 fully saturated rings. The molecule has 1 aromatic carbocycles. The van der Waals surface area contributed by atoms with E-state index in [9.17, 15) is 14.0 Å². The Morgan fingerprint density at radius 1 is 1.50 bits per heavy atom. The monoisotopic (exact) mass is 279 g/mol. The summed E-state index contributed by atoms with van der Waals surface area (Å²) in [6.45, 7) is 1.65. The van der Waals surface area contributed by atoms with E-state index in [1.807, 2.05) is 0 Å². The molecule has 0 saturated carbocycles. The molecule has 0 aliphatic carbocycles. The van der Waals surface area contributed by atoms with Crippen molar-refractivity contribution in [3.05, 3.63) is 29.6 Å². The first-order chi connectivity index (χ1) is 9.43. The van der Waals surface area contributed by atoms with Crippen LogP contribution in [0.5, 0.6) is 0 Å². The van der Waals surface area contributed by atoms with Gasteiger partial charge in [0.15, 0.2) is 0 Å². The van der Waals surface area contributed by atoms with Crippen LogP contribution in [0.25, 0.3) is 0 Å². The van der Waals surface area contributed by atoms with Crippen LogP contribution in [-0.4, -0.2) is 23.1 Å². The third-order valence-electron chi connectivity index (χ3n) is 2.54. The number of rotatable bonds is 5. The molecule has 1 rings (SSSR count). The SMILES string of the molecule is CC(CCC(=O)O)NC(=O)Nc1cccc(F)c1C#N. The van der Waals surface area contributed by atoms with E-state index in [1.165, 1.54) is 12.1 Å². The first-order valence-corrected chi connectivity index (χ1v) is 5.92. The molecular formula is C13H14FN3O3. The largest absolute Gasteiger partial charge is 0.481 e. The Bertz CT molecular complexity index is 554. The smallest absolute Gasteiger partial charge is 0.319 e. The predicted octanol–water partition coefficient (Wildman–Crippen LogP) is 2.07. The van der Waals surface area contributed by atoms with E-state index in [0.29, 0.717) is 0 Å². The molecule has 0 aliphatic heterocycles. The second kappa shape index (κ2) is 7.09. The predicted molar refractivity (Wildman–Crippen MR) is 69.6 cm³/mol. The van der Waals surface area contributed by atoms with Crippen LogP contribution in [-0.2, 0) is 4.79 Å². The molecule has 0 saturated heterocycles. The van der Waals surface area contributed by atoms with Gasteiger partial charge in [-0.3, -0.25) is 4.79 Å².